The van der Waals surface area contributed by atoms with Gasteiger partial charge in [-0.1, -0.05) is 0 Å². The summed E-state index contributed by atoms with van der Waals surface area (Å²) in [6.07, 6.45) is -0.318. The second kappa shape index (κ2) is 15.4. The molecule has 46 heavy (non-hydrogen) atoms. The fourth-order valence-electron chi connectivity index (χ4n) is 6.11. The van der Waals surface area contributed by atoms with Gasteiger partial charge in [-0.15, -0.1) is 0 Å². The summed E-state index contributed by atoms with van der Waals surface area (Å²) in [6.45, 7) is 0. The van der Waals surface area contributed by atoms with E-state index >= 15 is 0 Å². The first-order valence-electron chi connectivity index (χ1n) is 14.0. The molecule has 14 heteroatoms. The van der Waals surface area contributed by atoms with Crippen molar-refractivity contribution in [2.45, 2.75) is 24.7 Å². The number of carbonyl (C=O) groups excluding carboxylic acids is 4. The SMILES string of the molecule is COC(=O)C(CC1c2cc(OC)c(OC)c(OC)c2C(CC(C(=O)OC)C(=O)OC)c2cc(OC)c(OC)c(OC)c21)C(=O)OC. The van der Waals surface area contributed by atoms with Crippen LogP contribution >= 0.6 is 0 Å². The molecular formula is C32H40O14. The third-order valence-electron chi connectivity index (χ3n) is 8.13. The summed E-state index contributed by atoms with van der Waals surface area (Å²) in [5, 5.41) is 0. The summed E-state index contributed by atoms with van der Waals surface area (Å²) in [6, 6.07) is 3.37. The van der Waals surface area contributed by atoms with Gasteiger partial charge in [0.15, 0.2) is 34.8 Å². The second-order valence-electron chi connectivity index (χ2n) is 10.1. The van der Waals surface area contributed by atoms with Crippen LogP contribution in [0.15, 0.2) is 12.1 Å². The molecule has 0 N–H and O–H groups in total. The minimum atomic E-state index is -1.37. The van der Waals surface area contributed by atoms with Gasteiger partial charge in [0.2, 0.25) is 11.5 Å². The van der Waals surface area contributed by atoms with Crippen molar-refractivity contribution < 1.29 is 66.5 Å². The molecule has 2 unspecified atom stereocenters. The molecule has 2 aromatic rings. The van der Waals surface area contributed by atoms with E-state index in [1.54, 1.807) is 12.1 Å². The monoisotopic (exact) mass is 648 g/mol. The third-order valence-corrected chi connectivity index (χ3v) is 8.13. The predicted molar refractivity (Wildman–Crippen MR) is 160 cm³/mol. The molecule has 2 atom stereocenters. The topological polar surface area (TPSA) is 161 Å². The van der Waals surface area contributed by atoms with Crippen LogP contribution in [0.25, 0.3) is 0 Å². The molecule has 0 aromatic heterocycles. The summed E-state index contributed by atoms with van der Waals surface area (Å²) in [4.78, 5) is 52.0. The number of fused-ring (bicyclic) bond motifs is 2. The average molecular weight is 649 g/mol. The fraction of sp³-hybridized carbons (Fsp3) is 0.500. The van der Waals surface area contributed by atoms with Gasteiger partial charge in [-0.05, 0) is 36.1 Å². The lowest BCUT2D eigenvalue weighted by Gasteiger charge is -2.38. The minimum Gasteiger partial charge on any atom is -0.493 e. The molecule has 252 valence electrons. The molecule has 3 rings (SSSR count). The molecule has 2 aromatic carbocycles. The Balaban J connectivity index is 2.59. The van der Waals surface area contributed by atoms with Gasteiger partial charge in [0, 0.05) is 23.0 Å². The molecule has 1 aliphatic carbocycles. The van der Waals surface area contributed by atoms with E-state index in [0.29, 0.717) is 22.3 Å². The molecule has 0 saturated heterocycles. The number of esters is 4. The van der Waals surface area contributed by atoms with Crippen molar-refractivity contribution >= 4 is 23.9 Å². The van der Waals surface area contributed by atoms with Crippen LogP contribution in [0.3, 0.4) is 0 Å². The number of hydrogen-bond donors (Lipinski definition) is 0. The quantitative estimate of drug-likeness (QED) is 0.167. The first kappa shape index (κ1) is 35.6. The molecule has 0 fully saturated rings. The van der Waals surface area contributed by atoms with Gasteiger partial charge in [-0.3, -0.25) is 19.2 Å². The molecule has 0 spiro atoms. The first-order valence-corrected chi connectivity index (χ1v) is 14.0. The van der Waals surface area contributed by atoms with E-state index in [2.05, 4.69) is 0 Å². The normalized spacial score (nSPS) is 14.8. The van der Waals surface area contributed by atoms with E-state index in [0.717, 1.165) is 0 Å². The Morgan fingerprint density at radius 2 is 0.761 bits per heavy atom. The van der Waals surface area contributed by atoms with Crippen molar-refractivity contribution in [3.63, 3.8) is 0 Å². The Labute approximate surface area is 267 Å². The zero-order chi connectivity index (χ0) is 34.3. The van der Waals surface area contributed by atoms with Crippen molar-refractivity contribution in [1.82, 2.24) is 0 Å². The molecule has 0 saturated carbocycles. The van der Waals surface area contributed by atoms with Crippen LogP contribution in [0.5, 0.6) is 34.5 Å². The maximum absolute atomic E-state index is 13.0. The predicted octanol–water partition coefficient (Wildman–Crippen LogP) is 3.02. The smallest absolute Gasteiger partial charge is 0.320 e. The highest BCUT2D eigenvalue weighted by molar-refractivity contribution is 5.96. The summed E-state index contributed by atoms with van der Waals surface area (Å²) in [5.41, 5.74) is 2.00. The van der Waals surface area contributed by atoms with Crippen LogP contribution in [-0.4, -0.2) is 95.0 Å². The van der Waals surface area contributed by atoms with Crippen LogP contribution < -0.4 is 28.4 Å². The molecule has 0 bridgehead atoms. The number of hydrogen-bond acceptors (Lipinski definition) is 14. The van der Waals surface area contributed by atoms with E-state index in [1.165, 1.54) is 71.1 Å². The highest BCUT2D eigenvalue weighted by Crippen LogP contribution is 2.60. The fourth-order valence-corrected chi connectivity index (χ4v) is 6.11. The van der Waals surface area contributed by atoms with Gasteiger partial charge in [-0.2, -0.15) is 0 Å². The zero-order valence-electron chi connectivity index (χ0n) is 27.6. The second-order valence-corrected chi connectivity index (χ2v) is 10.1. The van der Waals surface area contributed by atoms with Crippen molar-refractivity contribution in [2.24, 2.45) is 11.8 Å². The van der Waals surface area contributed by atoms with Crippen LogP contribution in [0.4, 0.5) is 0 Å². The zero-order valence-corrected chi connectivity index (χ0v) is 27.6. The van der Waals surface area contributed by atoms with Crippen molar-refractivity contribution in [1.29, 1.82) is 0 Å². The number of benzene rings is 2. The standard InChI is InChI=1S/C32H40O14/c1-37-21-13-17-15(11-19(29(33)43-7)30(34)44-8)24-18(14-22(38-2)26(40-4)28(24)42-6)16(23(17)27(41-5)25(21)39-3)12-20(31(35)45-9)32(36)46-10/h13-16,19-20H,11-12H2,1-10H3. The molecule has 0 heterocycles. The van der Waals surface area contributed by atoms with Crippen LogP contribution in [0, 0.1) is 11.8 Å². The van der Waals surface area contributed by atoms with E-state index in [4.69, 9.17) is 47.4 Å². The Morgan fingerprint density at radius 3 is 0.978 bits per heavy atom. The molecule has 0 amide bonds. The lowest BCUT2D eigenvalue weighted by atomic mass is 9.67. The summed E-state index contributed by atoms with van der Waals surface area (Å²) >= 11 is 0. The van der Waals surface area contributed by atoms with Crippen molar-refractivity contribution in [3.8, 4) is 34.5 Å². The Morgan fingerprint density at radius 1 is 0.478 bits per heavy atom. The minimum absolute atomic E-state index is 0.159. The lowest BCUT2D eigenvalue weighted by molar-refractivity contribution is -0.161. The van der Waals surface area contributed by atoms with Gasteiger partial charge in [0.25, 0.3) is 0 Å². The molecule has 0 aliphatic heterocycles. The molecule has 1 aliphatic rings. The Bertz CT molecular complexity index is 1320. The first-order chi connectivity index (χ1) is 22.1. The summed E-state index contributed by atoms with van der Waals surface area (Å²) in [7, 11) is 13.3. The van der Waals surface area contributed by atoms with Crippen LogP contribution in [0.2, 0.25) is 0 Å². The highest BCUT2D eigenvalue weighted by Gasteiger charge is 2.46. The number of carbonyl (C=O) groups is 4. The largest absolute Gasteiger partial charge is 0.493 e. The van der Waals surface area contributed by atoms with E-state index in [1.807, 2.05) is 0 Å². The Kier molecular flexibility index (Phi) is 11.9. The number of rotatable bonds is 14. The lowest BCUT2D eigenvalue weighted by Crippen LogP contribution is -2.33. The van der Waals surface area contributed by atoms with Crippen LogP contribution in [0.1, 0.15) is 46.9 Å². The third kappa shape index (κ3) is 6.28. The van der Waals surface area contributed by atoms with Crippen molar-refractivity contribution in [3.05, 3.63) is 34.4 Å². The summed E-state index contributed by atoms with van der Waals surface area (Å²) < 4.78 is 54.5. The molecular weight excluding hydrogens is 608 g/mol. The van der Waals surface area contributed by atoms with Crippen LogP contribution in [-0.2, 0) is 38.1 Å². The number of ether oxygens (including phenoxy) is 10. The number of methoxy groups -OCH3 is 10. The Hall–Kier alpha value is -4.88. The maximum atomic E-state index is 13.0. The van der Waals surface area contributed by atoms with Crippen molar-refractivity contribution in [2.75, 3.05) is 71.1 Å². The van der Waals surface area contributed by atoms with Gasteiger partial charge in [-0.25, -0.2) is 0 Å². The highest BCUT2D eigenvalue weighted by atomic mass is 16.6. The average Bonchev–Trinajstić information content (AvgIpc) is 3.09. The van der Waals surface area contributed by atoms with E-state index in [9.17, 15) is 19.2 Å². The van der Waals surface area contributed by atoms with E-state index < -0.39 is 47.5 Å². The molecule has 14 nitrogen and oxygen atoms in total. The summed E-state index contributed by atoms with van der Waals surface area (Å²) in [5.74, 6) is -6.15. The van der Waals surface area contributed by atoms with Gasteiger partial charge >= 0.3 is 23.9 Å². The van der Waals surface area contributed by atoms with E-state index in [-0.39, 0.29) is 47.3 Å². The van der Waals surface area contributed by atoms with Gasteiger partial charge in [0.1, 0.15) is 0 Å². The maximum Gasteiger partial charge on any atom is 0.320 e. The van der Waals surface area contributed by atoms with Gasteiger partial charge in [0.05, 0.1) is 71.1 Å². The molecule has 0 radical (unpaired) electrons. The van der Waals surface area contributed by atoms with Gasteiger partial charge < -0.3 is 47.4 Å².